The van der Waals surface area contributed by atoms with Crippen LogP contribution in [0.1, 0.15) is 31.8 Å². The molecule has 0 saturated heterocycles. The molecule has 8 nitrogen and oxygen atoms in total. The van der Waals surface area contributed by atoms with Crippen LogP contribution in [0.2, 0.25) is 0 Å². The van der Waals surface area contributed by atoms with Gasteiger partial charge in [-0.25, -0.2) is 0 Å². The summed E-state index contributed by atoms with van der Waals surface area (Å²) < 4.78 is 1.67. The molecule has 2 N–H and O–H groups in total. The van der Waals surface area contributed by atoms with E-state index in [1.165, 1.54) is 9.80 Å². The predicted molar refractivity (Wildman–Crippen MR) is 169 cm³/mol. The van der Waals surface area contributed by atoms with Gasteiger partial charge >= 0.3 is 257 Å². The van der Waals surface area contributed by atoms with Gasteiger partial charge in [0.2, 0.25) is 0 Å². The fraction of sp³-hybridized carbons (Fsp3) is 0.125. The van der Waals surface area contributed by atoms with E-state index in [0.29, 0.717) is 33.6 Å². The first-order chi connectivity index (χ1) is 20.1. The van der Waals surface area contributed by atoms with Gasteiger partial charge in [0.05, 0.1) is 0 Å². The first-order valence-corrected chi connectivity index (χ1v) is 19.0. The molecule has 0 fully saturated rings. The van der Waals surface area contributed by atoms with E-state index in [2.05, 4.69) is 10.6 Å². The normalized spacial score (nSPS) is 10.5. The molecule has 0 bridgehead atoms. The number of urea groups is 2. The molecule has 0 aromatic heterocycles. The Balaban J connectivity index is 1.70. The molecule has 4 aromatic carbocycles. The molecular formula is C32H30N4O4Se2. The summed E-state index contributed by atoms with van der Waals surface area (Å²) >= 11 is -0.470. The molecule has 4 amide bonds. The van der Waals surface area contributed by atoms with Crippen LogP contribution in [0, 0.1) is 0 Å². The van der Waals surface area contributed by atoms with Gasteiger partial charge in [0, 0.05) is 0 Å². The topological polar surface area (TPSA) is 98.8 Å². The van der Waals surface area contributed by atoms with Crippen molar-refractivity contribution in [1.82, 2.24) is 9.80 Å². The number of amides is 4. The number of rotatable bonds is 9. The average molecular weight is 693 g/mol. The standard InChI is InChI=1S/C32H30N4O4Se2/c1-35(2)31(39)33-25-17-15-23(29(37)21-11-7-5-8-12-21)19-27(25)41-42-28-20-24(30(38)22-13-9-6-10-14-22)16-18-26(28)34-32(40)36(3)4/h5-20H,1-4H3,(H,33,39)(H,34,40). The van der Waals surface area contributed by atoms with Crippen molar-refractivity contribution in [2.45, 2.75) is 0 Å². The summed E-state index contributed by atoms with van der Waals surface area (Å²) in [5, 5.41) is 5.87. The fourth-order valence-electron chi connectivity index (χ4n) is 3.73. The molecule has 4 rings (SSSR count). The zero-order chi connectivity index (χ0) is 30.2. The Hall–Kier alpha value is -4.20. The summed E-state index contributed by atoms with van der Waals surface area (Å²) in [4.78, 5) is 54.4. The van der Waals surface area contributed by atoms with Crippen LogP contribution in [0.15, 0.2) is 97.1 Å². The molecule has 0 unspecified atom stereocenters. The van der Waals surface area contributed by atoms with E-state index in [1.807, 2.05) is 48.5 Å². The van der Waals surface area contributed by atoms with Crippen LogP contribution in [0.5, 0.6) is 0 Å². The molecule has 0 atom stereocenters. The molecule has 4 aromatic rings. The van der Waals surface area contributed by atoms with E-state index < -0.39 is 0 Å². The van der Waals surface area contributed by atoms with Gasteiger partial charge in [0.15, 0.2) is 0 Å². The second-order valence-electron chi connectivity index (χ2n) is 9.63. The summed E-state index contributed by atoms with van der Waals surface area (Å²) in [5.41, 5.74) is 3.43. The molecule has 0 aliphatic rings. The molecule has 0 saturated carbocycles. The first kappa shape index (κ1) is 30.8. The maximum absolute atomic E-state index is 13.2. The molecule has 42 heavy (non-hydrogen) atoms. The summed E-state index contributed by atoms with van der Waals surface area (Å²) in [6, 6.07) is 28.1. The van der Waals surface area contributed by atoms with Crippen LogP contribution in [-0.2, 0) is 0 Å². The quantitative estimate of drug-likeness (QED) is 0.207. The third-order valence-corrected chi connectivity index (χ3v) is 13.2. The molecule has 0 heterocycles. The Bertz CT molecular complexity index is 1490. The SMILES string of the molecule is CN(C)C(=O)Nc1ccc(C(=O)c2ccccc2)cc1[Se][Se]c1cc(C(=O)c2ccccc2)ccc1NC(=O)N(C)C. The van der Waals surface area contributed by atoms with Crippen molar-refractivity contribution in [3.63, 3.8) is 0 Å². The first-order valence-electron chi connectivity index (χ1n) is 12.9. The number of hydrogen-bond donors (Lipinski definition) is 2. The number of nitrogens with zero attached hydrogens (tertiary/aromatic N) is 2. The molecule has 0 radical (unpaired) electrons. The molecule has 10 heteroatoms. The van der Waals surface area contributed by atoms with Crippen LogP contribution in [0.25, 0.3) is 0 Å². The van der Waals surface area contributed by atoms with Crippen LogP contribution >= 0.6 is 0 Å². The predicted octanol–water partition coefficient (Wildman–Crippen LogP) is 3.61. The van der Waals surface area contributed by atoms with Crippen molar-refractivity contribution < 1.29 is 19.2 Å². The Morgan fingerprint density at radius 2 is 0.857 bits per heavy atom. The van der Waals surface area contributed by atoms with Crippen molar-refractivity contribution in [1.29, 1.82) is 0 Å². The molecule has 0 spiro atoms. The van der Waals surface area contributed by atoms with Crippen molar-refractivity contribution in [3.05, 3.63) is 119 Å². The van der Waals surface area contributed by atoms with Crippen LogP contribution in [0.4, 0.5) is 21.0 Å². The minimum atomic E-state index is -0.281. The van der Waals surface area contributed by atoms with E-state index in [9.17, 15) is 19.2 Å². The van der Waals surface area contributed by atoms with Gasteiger partial charge in [-0.1, -0.05) is 0 Å². The fourth-order valence-corrected chi connectivity index (χ4v) is 10.7. The van der Waals surface area contributed by atoms with Gasteiger partial charge < -0.3 is 0 Å². The number of carbonyl (C=O) groups excluding carboxylic acids is 4. The third-order valence-electron chi connectivity index (χ3n) is 6.08. The van der Waals surface area contributed by atoms with Crippen LogP contribution < -0.4 is 19.6 Å². The zero-order valence-corrected chi connectivity index (χ0v) is 27.0. The average Bonchev–Trinajstić information content (AvgIpc) is 3.01. The molecule has 0 aliphatic heterocycles. The van der Waals surface area contributed by atoms with Crippen LogP contribution in [-0.4, -0.2) is 87.9 Å². The van der Waals surface area contributed by atoms with E-state index in [0.717, 1.165) is 8.92 Å². The van der Waals surface area contributed by atoms with Crippen molar-refractivity contribution in [3.8, 4) is 0 Å². The number of ketones is 2. The summed E-state index contributed by atoms with van der Waals surface area (Å²) in [7, 11) is 6.64. The van der Waals surface area contributed by atoms with Gasteiger partial charge in [0.25, 0.3) is 0 Å². The minimum absolute atomic E-state index is 0.111. The summed E-state index contributed by atoms with van der Waals surface area (Å²) in [6.45, 7) is 0. The number of carbonyl (C=O) groups is 4. The number of hydrogen-bond acceptors (Lipinski definition) is 4. The number of anilines is 2. The second kappa shape index (κ2) is 14.1. The van der Waals surface area contributed by atoms with Crippen molar-refractivity contribution >= 4 is 70.2 Å². The monoisotopic (exact) mass is 694 g/mol. The van der Waals surface area contributed by atoms with E-state index >= 15 is 0 Å². The second-order valence-corrected chi connectivity index (χ2v) is 15.8. The van der Waals surface area contributed by atoms with Gasteiger partial charge in [-0.15, -0.1) is 0 Å². The molecular weight excluding hydrogens is 662 g/mol. The summed E-state index contributed by atoms with van der Waals surface area (Å²) in [5.74, 6) is -0.222. The Morgan fingerprint density at radius 1 is 0.500 bits per heavy atom. The number of nitrogens with one attached hydrogen (secondary N) is 2. The summed E-state index contributed by atoms with van der Waals surface area (Å²) in [6.07, 6.45) is 0. The Labute approximate surface area is 256 Å². The van der Waals surface area contributed by atoms with Crippen molar-refractivity contribution in [2.24, 2.45) is 0 Å². The van der Waals surface area contributed by atoms with Gasteiger partial charge in [-0.05, 0) is 0 Å². The van der Waals surface area contributed by atoms with Gasteiger partial charge in [-0.3, -0.25) is 0 Å². The van der Waals surface area contributed by atoms with E-state index in [1.54, 1.807) is 76.7 Å². The van der Waals surface area contributed by atoms with E-state index in [4.69, 9.17) is 0 Å². The third kappa shape index (κ3) is 7.75. The number of benzene rings is 4. The van der Waals surface area contributed by atoms with E-state index in [-0.39, 0.29) is 49.9 Å². The zero-order valence-electron chi connectivity index (χ0n) is 23.6. The molecule has 214 valence electrons. The Morgan fingerprint density at radius 3 is 1.19 bits per heavy atom. The van der Waals surface area contributed by atoms with Gasteiger partial charge in [-0.2, -0.15) is 0 Å². The Kier molecular flexibility index (Phi) is 10.3. The van der Waals surface area contributed by atoms with Crippen LogP contribution in [0.3, 0.4) is 0 Å². The van der Waals surface area contributed by atoms with Gasteiger partial charge in [0.1, 0.15) is 0 Å². The maximum atomic E-state index is 13.2. The van der Waals surface area contributed by atoms with Crippen molar-refractivity contribution in [2.75, 3.05) is 38.8 Å². The molecule has 0 aliphatic carbocycles.